The van der Waals surface area contributed by atoms with Crippen molar-refractivity contribution >= 4 is 41.2 Å². The van der Waals surface area contributed by atoms with E-state index in [4.69, 9.17) is 23.7 Å². The van der Waals surface area contributed by atoms with Gasteiger partial charge in [0.1, 0.15) is 25.5 Å². The molecule has 398 valence electrons. The van der Waals surface area contributed by atoms with Gasteiger partial charge in [-0.25, -0.2) is 0 Å². The van der Waals surface area contributed by atoms with Crippen LogP contribution in [0.1, 0.15) is 264 Å². The second-order valence-electron chi connectivity index (χ2n) is 20.2. The van der Waals surface area contributed by atoms with Crippen LogP contribution in [0.25, 0.3) is 5.57 Å². The number of aromatic nitrogens is 2. The van der Waals surface area contributed by atoms with Crippen LogP contribution < -0.4 is 4.74 Å². The summed E-state index contributed by atoms with van der Waals surface area (Å²) in [5.74, 6) is -0.888. The van der Waals surface area contributed by atoms with Gasteiger partial charge in [-0.2, -0.15) is 4.37 Å². The van der Waals surface area contributed by atoms with E-state index in [1.165, 1.54) is 141 Å². The summed E-state index contributed by atoms with van der Waals surface area (Å²) in [5.41, 5.74) is 1.84. The minimum atomic E-state index is -0.893. The predicted octanol–water partition coefficient (Wildman–Crippen LogP) is 14.8. The molecule has 2 rings (SSSR count). The number of nitrogens with zero attached hydrogens (tertiary/aromatic N) is 3. The maximum absolute atomic E-state index is 13.0. The zero-order valence-electron chi connectivity index (χ0n) is 44.5. The van der Waals surface area contributed by atoms with Crippen molar-refractivity contribution in [3.05, 3.63) is 11.8 Å². The van der Waals surface area contributed by atoms with Crippen molar-refractivity contribution in [3.8, 4) is 5.88 Å². The van der Waals surface area contributed by atoms with Gasteiger partial charge < -0.3 is 23.7 Å². The summed E-state index contributed by atoms with van der Waals surface area (Å²) in [4.78, 5) is 51.2. The van der Waals surface area contributed by atoms with Crippen LogP contribution in [0.3, 0.4) is 0 Å². The van der Waals surface area contributed by atoms with Crippen LogP contribution in [-0.2, 0) is 38.1 Å². The highest BCUT2D eigenvalue weighted by Crippen LogP contribution is 2.30. The zero-order valence-corrected chi connectivity index (χ0v) is 45.3. The Balaban J connectivity index is 1.71. The number of unbranched alkanes of at least 4 members (excludes halogenated alkanes) is 28. The number of hydrogen-bond donors (Lipinski definition) is 0. The van der Waals surface area contributed by atoms with Gasteiger partial charge >= 0.3 is 23.9 Å². The van der Waals surface area contributed by atoms with Crippen LogP contribution in [0, 0.1) is 0 Å². The monoisotopic (exact) mass is 991 g/mol. The molecule has 2 heterocycles. The standard InChI is InChI=1S/C56H100N3O9S/c1-5-8-11-14-16-18-20-22-24-26-28-30-32-39-51(60)65-46-50(47-66-52(61)40-33-31-29-27-25-23-21-19-17-15-12-9-6-2)68-54(63)42-35-34-41-53(62)67-48-59(4)43-37-38-49(45-59)55-56(58-69-57-55)64-44-36-13-10-7-3/h38,50H,5-37,39-48H2,1-4H3/q+1. The number of quaternary nitrogens is 1. The fourth-order valence-electron chi connectivity index (χ4n) is 8.85. The number of carbonyl (C=O) groups is 4. The van der Waals surface area contributed by atoms with E-state index < -0.39 is 12.1 Å². The molecule has 1 aliphatic heterocycles. The first-order valence-corrected chi connectivity index (χ1v) is 29.1. The van der Waals surface area contributed by atoms with Gasteiger partial charge in [0, 0.05) is 37.7 Å². The van der Waals surface area contributed by atoms with Crippen molar-refractivity contribution < 1.29 is 47.3 Å². The molecule has 1 aromatic heterocycles. The zero-order chi connectivity index (χ0) is 49.9. The van der Waals surface area contributed by atoms with Gasteiger partial charge in [0.25, 0.3) is 5.88 Å². The van der Waals surface area contributed by atoms with E-state index >= 15 is 0 Å². The van der Waals surface area contributed by atoms with Gasteiger partial charge in [-0.3, -0.25) is 23.7 Å². The third kappa shape index (κ3) is 34.0. The van der Waals surface area contributed by atoms with Crippen molar-refractivity contribution in [2.45, 2.75) is 264 Å². The first-order valence-electron chi connectivity index (χ1n) is 28.3. The molecule has 0 bridgehead atoms. The molecular weight excluding hydrogens is 891 g/mol. The molecular formula is C56H100N3O9S+. The molecule has 13 heteroatoms. The minimum Gasteiger partial charge on any atom is -0.475 e. The van der Waals surface area contributed by atoms with Crippen LogP contribution in [0.5, 0.6) is 5.88 Å². The summed E-state index contributed by atoms with van der Waals surface area (Å²) in [7, 11) is 2.08. The number of ether oxygens (including phenoxy) is 5. The highest BCUT2D eigenvalue weighted by Gasteiger charge is 2.31. The Hall–Kier alpha value is -3.06. The van der Waals surface area contributed by atoms with E-state index in [-0.39, 0.29) is 50.7 Å². The van der Waals surface area contributed by atoms with Crippen LogP contribution in [0.15, 0.2) is 6.08 Å². The van der Waals surface area contributed by atoms with Crippen molar-refractivity contribution in [1.29, 1.82) is 0 Å². The summed E-state index contributed by atoms with van der Waals surface area (Å²) in [6, 6.07) is 0. The van der Waals surface area contributed by atoms with Gasteiger partial charge in [0.05, 0.1) is 31.9 Å². The Kier molecular flexibility index (Phi) is 38.3. The Morgan fingerprint density at radius 2 is 0.913 bits per heavy atom. The molecule has 1 aliphatic rings. The van der Waals surface area contributed by atoms with Crippen molar-refractivity contribution in [2.75, 3.05) is 46.7 Å². The molecule has 0 aliphatic carbocycles. The predicted molar refractivity (Wildman–Crippen MR) is 280 cm³/mol. The fraction of sp³-hybridized carbons (Fsp3) is 0.857. The second-order valence-corrected chi connectivity index (χ2v) is 20.7. The minimum absolute atomic E-state index is 0.0796. The first-order chi connectivity index (χ1) is 33.7. The van der Waals surface area contributed by atoms with Crippen LogP contribution in [-0.4, -0.2) is 89.9 Å². The van der Waals surface area contributed by atoms with Gasteiger partial charge in [-0.1, -0.05) is 200 Å². The molecule has 1 atom stereocenters. The number of carbonyl (C=O) groups excluding carboxylic acids is 4. The number of hydrogen-bond acceptors (Lipinski definition) is 12. The van der Waals surface area contributed by atoms with E-state index in [1.54, 1.807) is 0 Å². The molecule has 1 unspecified atom stereocenters. The lowest BCUT2D eigenvalue weighted by Gasteiger charge is -2.36. The maximum Gasteiger partial charge on any atom is 0.310 e. The van der Waals surface area contributed by atoms with Crippen molar-refractivity contribution in [2.24, 2.45) is 0 Å². The lowest BCUT2D eigenvalue weighted by Crippen LogP contribution is -2.49. The Morgan fingerprint density at radius 1 is 0.522 bits per heavy atom. The number of rotatable bonds is 47. The summed E-state index contributed by atoms with van der Waals surface area (Å²) in [6.45, 7) is 8.71. The van der Waals surface area contributed by atoms with Crippen molar-refractivity contribution in [3.63, 3.8) is 0 Å². The second kappa shape index (κ2) is 42.6. The van der Waals surface area contributed by atoms with Crippen LogP contribution >= 0.6 is 11.7 Å². The SMILES string of the molecule is CCCCCCCCCCCCCCCC(=O)OCC(COC(=O)CCCCCCCCCCCCCCC)OC(=O)CCCCC(=O)OC[N+]1(C)CCC=C(c2nsnc2OCCCCCC)C1. The topological polar surface area (TPSA) is 140 Å². The lowest BCUT2D eigenvalue weighted by molar-refractivity contribution is -0.919. The summed E-state index contributed by atoms with van der Waals surface area (Å²) in [6.07, 6.45) is 40.3. The van der Waals surface area contributed by atoms with Crippen LogP contribution in [0.2, 0.25) is 0 Å². The van der Waals surface area contributed by atoms with E-state index in [9.17, 15) is 19.2 Å². The van der Waals surface area contributed by atoms with Gasteiger partial charge in [-0.05, 0) is 32.1 Å². The largest absolute Gasteiger partial charge is 0.475 e. The highest BCUT2D eigenvalue weighted by molar-refractivity contribution is 6.99. The number of likely N-dealkylation sites (N-methyl/N-ethyl adjacent to an activating group) is 1. The molecule has 0 fully saturated rings. The van der Waals surface area contributed by atoms with E-state index in [0.29, 0.717) is 49.2 Å². The Labute approximate surface area is 424 Å². The molecule has 0 radical (unpaired) electrons. The number of esters is 4. The maximum atomic E-state index is 13.0. The molecule has 0 aromatic carbocycles. The third-order valence-electron chi connectivity index (χ3n) is 13.3. The third-order valence-corrected chi connectivity index (χ3v) is 13.8. The van der Waals surface area contributed by atoms with Crippen molar-refractivity contribution in [1.82, 2.24) is 8.75 Å². The van der Waals surface area contributed by atoms with Gasteiger partial charge in [0.15, 0.2) is 6.10 Å². The summed E-state index contributed by atoms with van der Waals surface area (Å²) < 4.78 is 38.0. The summed E-state index contributed by atoms with van der Waals surface area (Å²) >= 11 is 1.15. The molecule has 0 saturated carbocycles. The smallest absolute Gasteiger partial charge is 0.310 e. The quantitative estimate of drug-likeness (QED) is 0.0267. The average molecular weight is 991 g/mol. The molecule has 0 N–H and O–H groups in total. The van der Waals surface area contributed by atoms with E-state index in [0.717, 1.165) is 87.3 Å². The Morgan fingerprint density at radius 3 is 1.38 bits per heavy atom. The molecule has 0 saturated heterocycles. The first kappa shape index (κ1) is 62.1. The molecule has 69 heavy (non-hydrogen) atoms. The van der Waals surface area contributed by atoms with E-state index in [1.807, 2.05) is 0 Å². The molecule has 0 spiro atoms. The van der Waals surface area contributed by atoms with E-state index in [2.05, 4.69) is 42.6 Å². The van der Waals surface area contributed by atoms with Crippen LogP contribution in [0.4, 0.5) is 0 Å². The van der Waals surface area contributed by atoms with Gasteiger partial charge in [0.2, 0.25) is 6.73 Å². The molecule has 0 amide bonds. The highest BCUT2D eigenvalue weighted by atomic mass is 32.1. The molecule has 1 aromatic rings. The normalized spacial score (nSPS) is 14.7. The molecule has 12 nitrogen and oxygen atoms in total. The average Bonchev–Trinajstić information content (AvgIpc) is 3.82. The fourth-order valence-corrected chi connectivity index (χ4v) is 9.38. The lowest BCUT2D eigenvalue weighted by atomic mass is 10.0. The summed E-state index contributed by atoms with van der Waals surface area (Å²) in [5, 5.41) is 0. The van der Waals surface area contributed by atoms with Gasteiger partial charge in [-0.15, -0.1) is 4.37 Å². The Bertz CT molecular complexity index is 1440.